The average Bonchev–Trinajstić information content (AvgIpc) is 3.52. The van der Waals surface area contributed by atoms with Gasteiger partial charge in [0.25, 0.3) is 0 Å². The van der Waals surface area contributed by atoms with E-state index in [1.54, 1.807) is 12.3 Å². The molecule has 4 heterocycles. The van der Waals surface area contributed by atoms with Gasteiger partial charge >= 0.3 is 0 Å². The Hall–Kier alpha value is -6.14. The molecule has 0 saturated carbocycles. The molecule has 1 saturated heterocycles. The van der Waals surface area contributed by atoms with E-state index < -0.39 is 17.5 Å². The highest BCUT2D eigenvalue weighted by Gasteiger charge is 2.20. The lowest BCUT2D eigenvalue weighted by molar-refractivity contribution is -0.120. The largest absolute Gasteiger partial charge is 0.504 e. The zero-order valence-corrected chi connectivity index (χ0v) is 26.3. The summed E-state index contributed by atoms with van der Waals surface area (Å²) in [6.07, 6.45) is 1.69. The van der Waals surface area contributed by atoms with Crippen LogP contribution in [0.5, 0.6) is 5.75 Å². The van der Waals surface area contributed by atoms with E-state index in [1.165, 1.54) is 12.1 Å². The molecule has 3 aromatic carbocycles. The van der Waals surface area contributed by atoms with Crippen molar-refractivity contribution in [2.45, 2.75) is 13.0 Å². The van der Waals surface area contributed by atoms with Gasteiger partial charge in [-0.2, -0.15) is 0 Å². The first-order valence-electron chi connectivity index (χ1n) is 15.7. The van der Waals surface area contributed by atoms with Gasteiger partial charge in [-0.25, -0.2) is 19.3 Å². The van der Waals surface area contributed by atoms with Crippen LogP contribution in [0.2, 0.25) is 0 Å². The maximum Gasteiger partial charge on any atom is 0.224 e. The number of morpholine rings is 1. The molecule has 1 aliphatic heterocycles. The Morgan fingerprint density at radius 2 is 1.80 bits per heavy atom. The fourth-order valence-electron chi connectivity index (χ4n) is 5.89. The van der Waals surface area contributed by atoms with Crippen LogP contribution in [-0.4, -0.2) is 63.1 Å². The number of amides is 1. The number of nitrogens with two attached hydrogens (primary N) is 1. The summed E-state index contributed by atoms with van der Waals surface area (Å²) in [4.78, 5) is 40.2. The predicted octanol–water partition coefficient (Wildman–Crippen LogP) is 5.08. The van der Waals surface area contributed by atoms with Crippen molar-refractivity contribution in [2.24, 2.45) is 0 Å². The van der Waals surface area contributed by atoms with E-state index in [1.807, 2.05) is 59.2 Å². The second-order valence-electron chi connectivity index (χ2n) is 11.6. The molecule has 0 bridgehead atoms. The van der Waals surface area contributed by atoms with Crippen LogP contribution in [-0.2, 0) is 22.5 Å². The molecule has 11 nitrogen and oxygen atoms in total. The lowest BCUT2D eigenvalue weighted by atomic mass is 10.1. The van der Waals surface area contributed by atoms with Crippen molar-refractivity contribution >= 4 is 34.9 Å². The first-order chi connectivity index (χ1) is 23.9. The Morgan fingerprint density at radius 1 is 0.980 bits per heavy atom. The minimum absolute atomic E-state index is 0.00942. The van der Waals surface area contributed by atoms with E-state index in [0.717, 1.165) is 41.3 Å². The Kier molecular flexibility index (Phi) is 8.69. The number of nitrogens with one attached hydrogen (secondary N) is 1. The van der Waals surface area contributed by atoms with Gasteiger partial charge in [-0.3, -0.25) is 14.2 Å². The van der Waals surface area contributed by atoms with E-state index in [2.05, 4.69) is 27.3 Å². The number of imidazole rings is 1. The van der Waals surface area contributed by atoms with Gasteiger partial charge in [0.05, 0.1) is 36.5 Å². The summed E-state index contributed by atoms with van der Waals surface area (Å²) in [7, 11) is 0. The number of anilines is 2. The van der Waals surface area contributed by atoms with Gasteiger partial charge in [0.1, 0.15) is 11.3 Å². The molecule has 4 N–H and O–H groups in total. The van der Waals surface area contributed by atoms with Crippen molar-refractivity contribution in [3.8, 4) is 34.1 Å². The number of nitrogens with zero attached hydrogens (tertiary/aromatic N) is 5. The molecule has 1 amide bonds. The topological polar surface area (TPSA) is 148 Å². The van der Waals surface area contributed by atoms with Crippen molar-refractivity contribution < 1.29 is 23.8 Å². The second kappa shape index (κ2) is 13.5. The van der Waals surface area contributed by atoms with Crippen LogP contribution >= 0.6 is 0 Å². The molecule has 246 valence electrons. The summed E-state index contributed by atoms with van der Waals surface area (Å²) in [6.45, 7) is 3.24. The minimum Gasteiger partial charge on any atom is -0.504 e. The number of phenols is 1. The maximum absolute atomic E-state index is 14.4. The first-order valence-corrected chi connectivity index (χ1v) is 15.7. The summed E-state index contributed by atoms with van der Waals surface area (Å²) < 4.78 is 21.9. The molecule has 49 heavy (non-hydrogen) atoms. The predicted molar refractivity (Wildman–Crippen MR) is 184 cm³/mol. The molecule has 12 heteroatoms. The number of hydrogen-bond donors (Lipinski definition) is 3. The van der Waals surface area contributed by atoms with E-state index in [4.69, 9.17) is 20.4 Å². The van der Waals surface area contributed by atoms with Crippen molar-refractivity contribution in [3.05, 3.63) is 114 Å². The van der Waals surface area contributed by atoms with Crippen molar-refractivity contribution in [1.82, 2.24) is 24.8 Å². The number of halogens is 1. The van der Waals surface area contributed by atoms with Gasteiger partial charge in [0, 0.05) is 48.3 Å². The summed E-state index contributed by atoms with van der Waals surface area (Å²) in [5.41, 5.74) is 12.6. The van der Waals surface area contributed by atoms with E-state index in [9.17, 15) is 19.1 Å². The zero-order chi connectivity index (χ0) is 33.9. The van der Waals surface area contributed by atoms with Gasteiger partial charge in [0.15, 0.2) is 29.3 Å². The van der Waals surface area contributed by atoms with Gasteiger partial charge in [-0.05, 0) is 60.2 Å². The SMILES string of the molecule is Nc1ncccc1-c1nc2ccc(-c3cccc(N4CCOCC4)c3)nc2n1-c1ccc(CNC(=O)Cc2ccc(C=O)c(O)c2F)cc1. The fourth-order valence-corrected chi connectivity index (χ4v) is 5.89. The number of pyridine rings is 2. The summed E-state index contributed by atoms with van der Waals surface area (Å²) in [5.74, 6) is -1.27. The number of fused-ring (bicyclic) bond motifs is 1. The Bertz CT molecular complexity index is 2180. The summed E-state index contributed by atoms with van der Waals surface area (Å²) in [6, 6.07) is 26.0. The number of hydrogen-bond acceptors (Lipinski definition) is 9. The number of phenolic OH excluding ortho intramolecular Hbond substituents is 1. The number of aromatic nitrogens is 4. The zero-order valence-electron chi connectivity index (χ0n) is 26.3. The minimum atomic E-state index is -0.983. The molecule has 0 aliphatic carbocycles. The van der Waals surface area contributed by atoms with Crippen LogP contribution in [0.1, 0.15) is 21.5 Å². The number of carbonyl (C=O) groups is 2. The van der Waals surface area contributed by atoms with E-state index >= 15 is 0 Å². The maximum atomic E-state index is 14.4. The molecular formula is C37H32FN7O4. The average molecular weight is 658 g/mol. The quantitative estimate of drug-likeness (QED) is 0.181. The Balaban J connectivity index is 1.18. The first kappa shape index (κ1) is 31.5. The number of benzene rings is 3. The summed E-state index contributed by atoms with van der Waals surface area (Å²) >= 11 is 0. The van der Waals surface area contributed by atoms with Crippen LogP contribution in [0.25, 0.3) is 39.5 Å². The lowest BCUT2D eigenvalue weighted by Crippen LogP contribution is -2.36. The van der Waals surface area contributed by atoms with E-state index in [-0.39, 0.29) is 24.1 Å². The molecule has 0 atom stereocenters. The van der Waals surface area contributed by atoms with E-state index in [0.29, 0.717) is 47.9 Å². The van der Waals surface area contributed by atoms with Gasteiger partial charge in [-0.15, -0.1) is 0 Å². The normalized spacial score (nSPS) is 13.0. The molecule has 1 aliphatic rings. The van der Waals surface area contributed by atoms with Gasteiger partial charge in [-0.1, -0.05) is 30.3 Å². The molecule has 0 unspecified atom stereocenters. The number of ether oxygens (including phenoxy) is 1. The smallest absolute Gasteiger partial charge is 0.224 e. The highest BCUT2D eigenvalue weighted by Crippen LogP contribution is 2.33. The Labute approximate surface area is 280 Å². The third-order valence-corrected chi connectivity index (χ3v) is 8.49. The van der Waals surface area contributed by atoms with Crippen LogP contribution in [0.15, 0.2) is 91.1 Å². The highest BCUT2D eigenvalue weighted by atomic mass is 19.1. The second-order valence-corrected chi connectivity index (χ2v) is 11.6. The van der Waals surface area contributed by atoms with Gasteiger partial charge < -0.3 is 25.8 Å². The third kappa shape index (κ3) is 6.41. The Morgan fingerprint density at radius 3 is 2.57 bits per heavy atom. The van der Waals surface area contributed by atoms with Crippen LogP contribution in [0.4, 0.5) is 15.9 Å². The van der Waals surface area contributed by atoms with Gasteiger partial charge in [0.2, 0.25) is 5.91 Å². The molecule has 3 aromatic heterocycles. The standard InChI is InChI=1S/C37H32FN7O4/c38-33-25(8-9-26(22-46)34(33)48)20-32(47)41-21-23-6-10-27(11-7-23)45-36(29-5-2-14-40-35(29)39)43-31-13-12-30(42-37(31)45)24-3-1-4-28(19-24)44-15-17-49-18-16-44/h1-14,19,22,48H,15-18,20-21H2,(H2,39,40)(H,41,47). The number of aldehydes is 1. The number of carbonyl (C=O) groups excluding carboxylic acids is 2. The molecule has 0 spiro atoms. The van der Waals surface area contributed by atoms with Crippen molar-refractivity contribution in [1.29, 1.82) is 0 Å². The molecule has 7 rings (SSSR count). The number of nitrogen functional groups attached to an aromatic ring is 1. The number of aromatic hydroxyl groups is 1. The molecule has 1 fully saturated rings. The monoisotopic (exact) mass is 657 g/mol. The third-order valence-electron chi connectivity index (χ3n) is 8.49. The highest BCUT2D eigenvalue weighted by molar-refractivity contribution is 5.85. The fraction of sp³-hybridized carbons (Fsp3) is 0.162. The molecule has 6 aromatic rings. The van der Waals surface area contributed by atoms with Crippen LogP contribution in [0, 0.1) is 5.82 Å². The van der Waals surface area contributed by atoms with Crippen LogP contribution < -0.4 is 16.0 Å². The lowest BCUT2D eigenvalue weighted by Gasteiger charge is -2.29. The summed E-state index contributed by atoms with van der Waals surface area (Å²) in [5, 5.41) is 12.6. The van der Waals surface area contributed by atoms with Crippen molar-refractivity contribution in [3.63, 3.8) is 0 Å². The molecular weight excluding hydrogens is 625 g/mol. The number of rotatable bonds is 9. The molecule has 0 radical (unpaired) electrons. The van der Waals surface area contributed by atoms with Crippen LogP contribution in [0.3, 0.4) is 0 Å². The van der Waals surface area contributed by atoms with Crippen molar-refractivity contribution in [2.75, 3.05) is 36.9 Å².